The van der Waals surface area contributed by atoms with Gasteiger partial charge >= 0.3 is 0 Å². The quantitative estimate of drug-likeness (QED) is 0.896. The van der Waals surface area contributed by atoms with E-state index in [-0.39, 0.29) is 11.9 Å². The molecule has 0 saturated heterocycles. The van der Waals surface area contributed by atoms with Crippen LogP contribution in [0.15, 0.2) is 17.0 Å². The molecule has 0 unspecified atom stereocenters. The van der Waals surface area contributed by atoms with E-state index in [1.54, 1.807) is 19.5 Å². The lowest BCUT2D eigenvalue weighted by molar-refractivity contribution is 0.0907. The van der Waals surface area contributed by atoms with E-state index < -0.39 is 0 Å². The molecular formula is C11H13BrN4O2. The first-order chi connectivity index (χ1) is 8.61. The van der Waals surface area contributed by atoms with Gasteiger partial charge in [0.1, 0.15) is 10.1 Å². The molecule has 0 fully saturated rings. The van der Waals surface area contributed by atoms with Crippen molar-refractivity contribution in [2.45, 2.75) is 13.0 Å². The number of carbonyl (C=O) groups excluding carboxylic acids is 1. The molecule has 0 aliphatic rings. The average molecular weight is 313 g/mol. The predicted molar refractivity (Wildman–Crippen MR) is 70.4 cm³/mol. The summed E-state index contributed by atoms with van der Waals surface area (Å²) in [5.41, 5.74) is 1.61. The fourth-order valence-electron chi connectivity index (χ4n) is 1.64. The molecule has 2 aromatic heterocycles. The zero-order chi connectivity index (χ0) is 13.1. The summed E-state index contributed by atoms with van der Waals surface area (Å²) in [6.45, 7) is 2.33. The number of methoxy groups -OCH3 is 1. The summed E-state index contributed by atoms with van der Waals surface area (Å²) in [6.07, 6.45) is 3.18. The monoisotopic (exact) mass is 312 g/mol. The van der Waals surface area contributed by atoms with Crippen LogP contribution in [0.4, 0.5) is 0 Å². The first-order valence-corrected chi connectivity index (χ1v) is 6.20. The molecule has 6 nitrogen and oxygen atoms in total. The molecule has 2 rings (SSSR count). The third-order valence-electron chi connectivity index (χ3n) is 2.39. The minimum absolute atomic E-state index is 0.0624. The van der Waals surface area contributed by atoms with Crippen molar-refractivity contribution in [3.05, 3.63) is 22.6 Å². The Labute approximate surface area is 112 Å². The highest BCUT2D eigenvalue weighted by Gasteiger charge is 2.16. The molecule has 0 aromatic carbocycles. The smallest absolute Gasteiger partial charge is 0.255 e. The molecule has 1 amide bonds. The minimum atomic E-state index is -0.196. The zero-order valence-electron chi connectivity index (χ0n) is 10.0. The Morgan fingerprint density at radius 2 is 2.44 bits per heavy atom. The summed E-state index contributed by atoms with van der Waals surface area (Å²) in [7, 11) is 1.59. The summed E-state index contributed by atoms with van der Waals surface area (Å²) in [4.78, 5) is 23.3. The van der Waals surface area contributed by atoms with E-state index in [1.165, 1.54) is 0 Å². The van der Waals surface area contributed by atoms with Gasteiger partial charge in [-0.25, -0.2) is 9.97 Å². The van der Waals surface area contributed by atoms with Crippen molar-refractivity contribution in [1.29, 1.82) is 0 Å². The molecule has 2 N–H and O–H groups in total. The van der Waals surface area contributed by atoms with Gasteiger partial charge in [-0.05, 0) is 22.9 Å². The summed E-state index contributed by atoms with van der Waals surface area (Å²) < 4.78 is 5.56. The van der Waals surface area contributed by atoms with Crippen LogP contribution in [0.25, 0.3) is 11.2 Å². The number of ether oxygens (including phenoxy) is 1. The van der Waals surface area contributed by atoms with Crippen LogP contribution in [0, 0.1) is 0 Å². The third kappa shape index (κ3) is 2.68. The second-order valence-electron chi connectivity index (χ2n) is 3.92. The molecule has 2 heterocycles. The number of aromatic amines is 1. The highest BCUT2D eigenvalue weighted by Crippen LogP contribution is 2.16. The Bertz CT molecular complexity index is 569. The van der Waals surface area contributed by atoms with E-state index in [0.29, 0.717) is 27.9 Å². The van der Waals surface area contributed by atoms with E-state index in [1.807, 2.05) is 6.92 Å². The molecule has 0 aliphatic heterocycles. The Balaban J connectivity index is 2.25. The van der Waals surface area contributed by atoms with Gasteiger partial charge in [0.2, 0.25) is 0 Å². The van der Waals surface area contributed by atoms with Gasteiger partial charge in [0.05, 0.1) is 18.4 Å². The number of H-pyrrole nitrogens is 1. The number of hydrogen-bond acceptors (Lipinski definition) is 4. The Morgan fingerprint density at radius 1 is 1.67 bits per heavy atom. The van der Waals surface area contributed by atoms with E-state index in [4.69, 9.17) is 4.74 Å². The van der Waals surface area contributed by atoms with E-state index in [2.05, 4.69) is 36.2 Å². The Kier molecular flexibility index (Phi) is 3.93. The standard InChI is InChI=1S/C11H13BrN4O2/c1-6(5-18-2)15-11(17)7-3-13-10-9(7)16-8(12)4-14-10/h3-4,6H,5H2,1-2H3,(H,13,14)(H,15,17)/t6-/m0/s1. The van der Waals surface area contributed by atoms with Gasteiger partial charge < -0.3 is 15.0 Å². The van der Waals surface area contributed by atoms with Crippen molar-refractivity contribution in [2.24, 2.45) is 0 Å². The Hall–Kier alpha value is -1.47. The largest absolute Gasteiger partial charge is 0.383 e. The van der Waals surface area contributed by atoms with E-state index in [9.17, 15) is 4.79 Å². The molecule has 0 saturated carbocycles. The van der Waals surface area contributed by atoms with Crippen LogP contribution >= 0.6 is 15.9 Å². The number of rotatable bonds is 4. The SMILES string of the molecule is COC[C@H](C)NC(=O)c1c[nH]c2ncc(Br)nc12. The number of aromatic nitrogens is 3. The number of fused-ring (bicyclic) bond motifs is 1. The maximum atomic E-state index is 12.0. The summed E-state index contributed by atoms with van der Waals surface area (Å²) in [5, 5.41) is 2.83. The second kappa shape index (κ2) is 5.45. The van der Waals surface area contributed by atoms with E-state index in [0.717, 1.165) is 0 Å². The topological polar surface area (TPSA) is 79.9 Å². The van der Waals surface area contributed by atoms with Crippen LogP contribution in [0.1, 0.15) is 17.3 Å². The van der Waals surface area contributed by atoms with Gasteiger partial charge in [0.25, 0.3) is 5.91 Å². The molecule has 0 aliphatic carbocycles. The molecule has 0 bridgehead atoms. The lowest BCUT2D eigenvalue weighted by atomic mass is 10.2. The molecule has 0 radical (unpaired) electrons. The average Bonchev–Trinajstić information content (AvgIpc) is 2.71. The van der Waals surface area contributed by atoms with Crippen molar-refractivity contribution < 1.29 is 9.53 Å². The van der Waals surface area contributed by atoms with Crippen LogP contribution in [-0.2, 0) is 4.74 Å². The van der Waals surface area contributed by atoms with Gasteiger partial charge in [-0.2, -0.15) is 0 Å². The molecule has 0 spiro atoms. The van der Waals surface area contributed by atoms with Crippen molar-refractivity contribution in [1.82, 2.24) is 20.3 Å². The molecule has 7 heteroatoms. The molecule has 2 aromatic rings. The van der Waals surface area contributed by atoms with Gasteiger partial charge in [0.15, 0.2) is 5.65 Å². The molecule has 1 atom stereocenters. The zero-order valence-corrected chi connectivity index (χ0v) is 11.6. The van der Waals surface area contributed by atoms with Crippen LogP contribution < -0.4 is 5.32 Å². The summed E-state index contributed by atoms with van der Waals surface area (Å²) in [6, 6.07) is -0.0624. The second-order valence-corrected chi connectivity index (χ2v) is 4.73. The van der Waals surface area contributed by atoms with Crippen LogP contribution in [0.3, 0.4) is 0 Å². The highest BCUT2D eigenvalue weighted by atomic mass is 79.9. The fourth-order valence-corrected chi connectivity index (χ4v) is 1.92. The first kappa shape index (κ1) is 13.0. The van der Waals surface area contributed by atoms with Crippen molar-refractivity contribution >= 4 is 33.0 Å². The van der Waals surface area contributed by atoms with Gasteiger partial charge in [-0.1, -0.05) is 0 Å². The first-order valence-electron chi connectivity index (χ1n) is 5.41. The number of hydrogen-bond donors (Lipinski definition) is 2. The van der Waals surface area contributed by atoms with Crippen molar-refractivity contribution in [3.63, 3.8) is 0 Å². The fraction of sp³-hybridized carbons (Fsp3) is 0.364. The number of nitrogens with zero attached hydrogens (tertiary/aromatic N) is 2. The van der Waals surface area contributed by atoms with Crippen LogP contribution in [0.2, 0.25) is 0 Å². The molecular weight excluding hydrogens is 300 g/mol. The highest BCUT2D eigenvalue weighted by molar-refractivity contribution is 9.10. The molecule has 18 heavy (non-hydrogen) atoms. The van der Waals surface area contributed by atoms with Gasteiger partial charge in [-0.15, -0.1) is 0 Å². The van der Waals surface area contributed by atoms with Crippen molar-refractivity contribution in [2.75, 3.05) is 13.7 Å². The third-order valence-corrected chi connectivity index (χ3v) is 2.77. The van der Waals surface area contributed by atoms with Gasteiger partial charge in [-0.3, -0.25) is 4.79 Å². The van der Waals surface area contributed by atoms with Gasteiger partial charge in [0, 0.05) is 19.3 Å². The van der Waals surface area contributed by atoms with E-state index >= 15 is 0 Å². The van der Waals surface area contributed by atoms with Crippen LogP contribution in [0.5, 0.6) is 0 Å². The number of amides is 1. The Morgan fingerprint density at radius 3 is 3.17 bits per heavy atom. The lowest BCUT2D eigenvalue weighted by Gasteiger charge is -2.11. The van der Waals surface area contributed by atoms with Crippen LogP contribution in [-0.4, -0.2) is 40.6 Å². The lowest BCUT2D eigenvalue weighted by Crippen LogP contribution is -2.35. The van der Waals surface area contributed by atoms with Crippen molar-refractivity contribution in [3.8, 4) is 0 Å². The summed E-state index contributed by atoms with van der Waals surface area (Å²) >= 11 is 3.24. The number of nitrogens with one attached hydrogen (secondary N) is 2. The number of carbonyl (C=O) groups is 1. The normalized spacial score (nSPS) is 12.6. The number of halogens is 1. The summed E-state index contributed by atoms with van der Waals surface area (Å²) in [5.74, 6) is -0.196. The maximum Gasteiger partial charge on any atom is 0.255 e. The predicted octanol–water partition coefficient (Wildman–Crippen LogP) is 1.49. The minimum Gasteiger partial charge on any atom is -0.383 e. The molecule has 96 valence electrons. The maximum absolute atomic E-state index is 12.0.